The van der Waals surface area contributed by atoms with E-state index in [9.17, 15) is 10.2 Å². The van der Waals surface area contributed by atoms with Crippen molar-refractivity contribution in [1.82, 2.24) is 0 Å². The van der Waals surface area contributed by atoms with Crippen molar-refractivity contribution in [3.63, 3.8) is 0 Å². The third kappa shape index (κ3) is 1.29. The highest BCUT2D eigenvalue weighted by atomic mass is 35.5. The van der Waals surface area contributed by atoms with E-state index in [-0.39, 0.29) is 16.5 Å². The lowest BCUT2D eigenvalue weighted by Gasteiger charge is -2.02. The van der Waals surface area contributed by atoms with Gasteiger partial charge in [0.15, 0.2) is 0 Å². The van der Waals surface area contributed by atoms with Gasteiger partial charge in [-0.3, -0.25) is 0 Å². The molecule has 3 heteroatoms. The van der Waals surface area contributed by atoms with Gasteiger partial charge in [-0.05, 0) is 23.6 Å². The minimum atomic E-state index is 0.0276. The summed E-state index contributed by atoms with van der Waals surface area (Å²) in [5, 5.41) is 20.4. The van der Waals surface area contributed by atoms with E-state index in [4.69, 9.17) is 11.6 Å². The maximum absolute atomic E-state index is 9.45. The van der Waals surface area contributed by atoms with Gasteiger partial charge in [0.25, 0.3) is 0 Å². The molecular formula is C10H7ClO2. The molecule has 0 heterocycles. The van der Waals surface area contributed by atoms with Crippen LogP contribution in [0.4, 0.5) is 0 Å². The molecule has 0 aliphatic carbocycles. The highest BCUT2D eigenvalue weighted by Gasteiger charge is 2.03. The molecule has 0 atom stereocenters. The number of rotatable bonds is 0. The van der Waals surface area contributed by atoms with Crippen LogP contribution in [0.2, 0.25) is 5.02 Å². The minimum Gasteiger partial charge on any atom is -0.507 e. The molecule has 2 N–H and O–H groups in total. The third-order valence-electron chi connectivity index (χ3n) is 1.92. The number of fused-ring (bicyclic) bond motifs is 1. The lowest BCUT2D eigenvalue weighted by molar-refractivity contribution is 0.475. The van der Waals surface area contributed by atoms with E-state index < -0.39 is 0 Å². The van der Waals surface area contributed by atoms with Gasteiger partial charge in [0, 0.05) is 5.39 Å². The normalized spacial score (nSPS) is 10.5. The van der Waals surface area contributed by atoms with E-state index >= 15 is 0 Å². The van der Waals surface area contributed by atoms with Gasteiger partial charge in [0.2, 0.25) is 0 Å². The van der Waals surface area contributed by atoms with Gasteiger partial charge in [-0.2, -0.15) is 0 Å². The molecule has 66 valence electrons. The minimum absolute atomic E-state index is 0.0276. The Kier molecular flexibility index (Phi) is 1.78. The van der Waals surface area contributed by atoms with Gasteiger partial charge in [-0.1, -0.05) is 23.7 Å². The summed E-state index contributed by atoms with van der Waals surface area (Å²) in [5.41, 5.74) is 0. The Morgan fingerprint density at radius 3 is 2.54 bits per heavy atom. The highest BCUT2D eigenvalue weighted by molar-refractivity contribution is 6.32. The molecule has 0 unspecified atom stereocenters. The van der Waals surface area contributed by atoms with Crippen molar-refractivity contribution in [3.05, 3.63) is 35.4 Å². The van der Waals surface area contributed by atoms with Gasteiger partial charge in [0.1, 0.15) is 11.5 Å². The number of halogens is 1. The summed E-state index contributed by atoms with van der Waals surface area (Å²) < 4.78 is 0. The highest BCUT2D eigenvalue weighted by Crippen LogP contribution is 2.32. The average molecular weight is 195 g/mol. The molecule has 0 aliphatic heterocycles. The van der Waals surface area contributed by atoms with Crippen LogP contribution in [0.15, 0.2) is 30.3 Å². The number of hydrogen-bond donors (Lipinski definition) is 2. The van der Waals surface area contributed by atoms with Crippen LogP contribution in [0.5, 0.6) is 11.5 Å². The quantitative estimate of drug-likeness (QED) is 0.677. The van der Waals surface area contributed by atoms with Crippen LogP contribution in [0.25, 0.3) is 10.8 Å². The summed E-state index contributed by atoms with van der Waals surface area (Å²) in [7, 11) is 0. The second-order valence-electron chi connectivity index (χ2n) is 2.80. The molecule has 0 aromatic heterocycles. The van der Waals surface area contributed by atoms with Crippen LogP contribution in [0.1, 0.15) is 0 Å². The second kappa shape index (κ2) is 2.82. The first-order valence-corrected chi connectivity index (χ1v) is 4.16. The molecule has 0 radical (unpaired) electrons. The Hall–Kier alpha value is -1.41. The van der Waals surface area contributed by atoms with Crippen molar-refractivity contribution in [1.29, 1.82) is 0 Å². The molecule has 0 aliphatic rings. The largest absolute Gasteiger partial charge is 0.507 e. The Labute approximate surface area is 80.0 Å². The summed E-state index contributed by atoms with van der Waals surface area (Å²) >= 11 is 5.70. The summed E-state index contributed by atoms with van der Waals surface area (Å²) in [5.74, 6) is 0.194. The fourth-order valence-electron chi connectivity index (χ4n) is 1.27. The van der Waals surface area contributed by atoms with Crippen molar-refractivity contribution in [2.45, 2.75) is 0 Å². The molecule has 0 saturated heterocycles. The Balaban J connectivity index is 2.89. The fraction of sp³-hybridized carbons (Fsp3) is 0. The van der Waals surface area contributed by atoms with Crippen molar-refractivity contribution < 1.29 is 10.2 Å². The van der Waals surface area contributed by atoms with Crippen LogP contribution < -0.4 is 0 Å². The van der Waals surface area contributed by atoms with E-state index in [1.54, 1.807) is 24.3 Å². The van der Waals surface area contributed by atoms with Crippen LogP contribution >= 0.6 is 11.6 Å². The fourth-order valence-corrected chi connectivity index (χ4v) is 1.43. The van der Waals surface area contributed by atoms with Gasteiger partial charge >= 0.3 is 0 Å². The molecule has 2 rings (SSSR count). The number of benzene rings is 2. The first kappa shape index (κ1) is 8.20. The SMILES string of the molecule is Oc1cc2cccc(O)c2cc1Cl. The van der Waals surface area contributed by atoms with Gasteiger partial charge in [-0.25, -0.2) is 0 Å². The standard InChI is InChI=1S/C10H7ClO2/c11-8-5-7-6(4-10(8)13)2-1-3-9(7)12/h1-5,12-13H. The van der Waals surface area contributed by atoms with Crippen LogP contribution in [-0.2, 0) is 0 Å². The van der Waals surface area contributed by atoms with Crippen molar-refractivity contribution in [2.24, 2.45) is 0 Å². The lowest BCUT2D eigenvalue weighted by Crippen LogP contribution is -1.75. The summed E-state index contributed by atoms with van der Waals surface area (Å²) in [6.45, 7) is 0. The zero-order valence-electron chi connectivity index (χ0n) is 6.66. The van der Waals surface area contributed by atoms with E-state index in [0.717, 1.165) is 5.39 Å². The first-order valence-electron chi connectivity index (χ1n) is 3.78. The van der Waals surface area contributed by atoms with Crippen molar-refractivity contribution in [2.75, 3.05) is 0 Å². The van der Waals surface area contributed by atoms with Crippen molar-refractivity contribution >= 4 is 22.4 Å². The Bertz CT molecular complexity index is 466. The zero-order valence-corrected chi connectivity index (χ0v) is 7.42. The van der Waals surface area contributed by atoms with Crippen molar-refractivity contribution in [3.8, 4) is 11.5 Å². The van der Waals surface area contributed by atoms with Crippen LogP contribution in [0, 0.1) is 0 Å². The van der Waals surface area contributed by atoms with E-state index in [2.05, 4.69) is 0 Å². The summed E-state index contributed by atoms with van der Waals surface area (Å²) in [4.78, 5) is 0. The molecule has 0 saturated carbocycles. The molecule has 13 heavy (non-hydrogen) atoms. The Morgan fingerprint density at radius 1 is 1.00 bits per heavy atom. The third-order valence-corrected chi connectivity index (χ3v) is 2.23. The molecule has 2 nitrogen and oxygen atoms in total. The zero-order chi connectivity index (χ0) is 9.42. The monoisotopic (exact) mass is 194 g/mol. The van der Waals surface area contributed by atoms with E-state index in [0.29, 0.717) is 5.39 Å². The maximum Gasteiger partial charge on any atom is 0.134 e. The Morgan fingerprint density at radius 2 is 1.77 bits per heavy atom. The predicted octanol–water partition coefficient (Wildman–Crippen LogP) is 2.90. The topological polar surface area (TPSA) is 40.5 Å². The molecular weight excluding hydrogens is 188 g/mol. The smallest absolute Gasteiger partial charge is 0.134 e. The summed E-state index contributed by atoms with van der Waals surface area (Å²) in [6.07, 6.45) is 0. The number of hydrogen-bond acceptors (Lipinski definition) is 2. The summed E-state index contributed by atoms with van der Waals surface area (Å²) in [6, 6.07) is 8.16. The second-order valence-corrected chi connectivity index (χ2v) is 3.21. The van der Waals surface area contributed by atoms with E-state index in [1.807, 2.05) is 0 Å². The lowest BCUT2D eigenvalue weighted by atomic mass is 10.1. The number of phenolic OH excluding ortho intramolecular Hbond substituents is 2. The van der Waals surface area contributed by atoms with Crippen LogP contribution in [0.3, 0.4) is 0 Å². The van der Waals surface area contributed by atoms with E-state index in [1.165, 1.54) is 6.07 Å². The molecule has 0 spiro atoms. The molecule has 2 aromatic carbocycles. The molecule has 0 bridgehead atoms. The number of phenols is 2. The van der Waals surface area contributed by atoms with Gasteiger partial charge in [0.05, 0.1) is 5.02 Å². The maximum atomic E-state index is 9.45. The molecule has 0 amide bonds. The van der Waals surface area contributed by atoms with Gasteiger partial charge < -0.3 is 10.2 Å². The first-order chi connectivity index (χ1) is 6.18. The van der Waals surface area contributed by atoms with Crippen LogP contribution in [-0.4, -0.2) is 10.2 Å². The molecule has 0 fully saturated rings. The van der Waals surface area contributed by atoms with Gasteiger partial charge in [-0.15, -0.1) is 0 Å². The molecule has 2 aromatic rings. The number of aromatic hydroxyl groups is 2. The average Bonchev–Trinajstić information content (AvgIpc) is 2.09. The predicted molar refractivity (Wildman–Crippen MR) is 52.3 cm³/mol.